The molecule has 2 heterocycles. The zero-order chi connectivity index (χ0) is 18.0. The number of nitrogens with one attached hydrogen (secondary N) is 1. The van der Waals surface area contributed by atoms with E-state index in [-0.39, 0.29) is 23.6 Å². The first-order chi connectivity index (χ1) is 11.9. The van der Waals surface area contributed by atoms with Crippen molar-refractivity contribution in [3.8, 4) is 0 Å². The molecule has 1 fully saturated rings. The van der Waals surface area contributed by atoms with E-state index in [0.717, 1.165) is 0 Å². The summed E-state index contributed by atoms with van der Waals surface area (Å²) < 4.78 is 37.9. The molecule has 8 heteroatoms. The summed E-state index contributed by atoms with van der Waals surface area (Å²) in [5.41, 5.74) is -0.309. The number of hydrogen-bond acceptors (Lipinski definition) is 4. The molecule has 2 aromatic rings. The highest BCUT2D eigenvalue weighted by Gasteiger charge is 2.29. The minimum atomic E-state index is -3.13. The van der Waals surface area contributed by atoms with Gasteiger partial charge in [-0.2, -0.15) is 0 Å². The molecule has 1 atom stereocenters. The minimum absolute atomic E-state index is 0.00440. The number of nitrogens with zero attached hydrogens (tertiary/aromatic N) is 1. The molecular formula is C17H17FN2O4S. The summed E-state index contributed by atoms with van der Waals surface area (Å²) in [6.45, 7) is 0.00440. The maximum Gasteiger partial charge on any atom is 0.263 e. The third-order valence-corrected chi connectivity index (χ3v) is 5.90. The molecule has 132 valence electrons. The zero-order valence-corrected chi connectivity index (χ0v) is 14.1. The van der Waals surface area contributed by atoms with Crippen molar-refractivity contribution < 1.29 is 17.6 Å². The fourth-order valence-corrected chi connectivity index (χ4v) is 4.49. The van der Waals surface area contributed by atoms with Crippen molar-refractivity contribution in [3.63, 3.8) is 0 Å². The van der Waals surface area contributed by atoms with Crippen LogP contribution in [0.3, 0.4) is 0 Å². The molecule has 1 aliphatic heterocycles. The molecule has 25 heavy (non-hydrogen) atoms. The van der Waals surface area contributed by atoms with Gasteiger partial charge in [-0.3, -0.25) is 9.59 Å². The van der Waals surface area contributed by atoms with Crippen molar-refractivity contribution in [2.45, 2.75) is 19.0 Å². The number of aromatic nitrogens is 1. The van der Waals surface area contributed by atoms with Crippen LogP contribution in [0.25, 0.3) is 0 Å². The number of sulfone groups is 1. The summed E-state index contributed by atoms with van der Waals surface area (Å²) >= 11 is 0. The van der Waals surface area contributed by atoms with E-state index in [1.807, 2.05) is 0 Å². The van der Waals surface area contributed by atoms with Gasteiger partial charge in [-0.05, 0) is 24.6 Å². The van der Waals surface area contributed by atoms with Crippen molar-refractivity contribution in [1.82, 2.24) is 9.88 Å². The molecule has 6 nitrogen and oxygen atoms in total. The van der Waals surface area contributed by atoms with Crippen LogP contribution in [-0.2, 0) is 16.4 Å². The molecule has 0 radical (unpaired) electrons. The van der Waals surface area contributed by atoms with E-state index in [1.165, 1.54) is 29.0 Å². The van der Waals surface area contributed by atoms with Crippen molar-refractivity contribution in [2.75, 3.05) is 11.5 Å². The molecular weight excluding hydrogens is 347 g/mol. The monoisotopic (exact) mass is 364 g/mol. The molecule has 1 amide bonds. The smallest absolute Gasteiger partial charge is 0.263 e. The van der Waals surface area contributed by atoms with E-state index >= 15 is 0 Å². The molecule has 1 aromatic heterocycles. The number of carbonyl (C=O) groups is 1. The molecule has 0 bridgehead atoms. The van der Waals surface area contributed by atoms with Gasteiger partial charge in [0.2, 0.25) is 0 Å². The van der Waals surface area contributed by atoms with Crippen LogP contribution in [-0.4, -0.2) is 36.4 Å². The first kappa shape index (κ1) is 17.3. The normalized spacial score (nSPS) is 18.8. The lowest BCUT2D eigenvalue weighted by Gasteiger charge is -2.12. The lowest BCUT2D eigenvalue weighted by Crippen LogP contribution is -2.39. The quantitative estimate of drug-likeness (QED) is 0.875. The van der Waals surface area contributed by atoms with E-state index in [0.29, 0.717) is 12.0 Å². The topological polar surface area (TPSA) is 85.2 Å². The Balaban J connectivity index is 1.80. The number of halogens is 1. The number of amides is 1. The number of pyridine rings is 1. The second kappa shape index (κ2) is 6.79. The van der Waals surface area contributed by atoms with Crippen LogP contribution in [0.2, 0.25) is 0 Å². The molecule has 1 aromatic carbocycles. The fraction of sp³-hybridized carbons (Fsp3) is 0.294. The Hall–Kier alpha value is -2.48. The first-order valence-electron chi connectivity index (χ1n) is 7.80. The maximum absolute atomic E-state index is 13.8. The summed E-state index contributed by atoms with van der Waals surface area (Å²) in [6.07, 6.45) is 1.82. The van der Waals surface area contributed by atoms with Gasteiger partial charge in [-0.1, -0.05) is 18.2 Å². The predicted octanol–water partition coefficient (Wildman–Crippen LogP) is 0.953. The first-order valence-corrected chi connectivity index (χ1v) is 9.62. The summed E-state index contributed by atoms with van der Waals surface area (Å²) in [7, 11) is -3.13. The molecule has 3 rings (SSSR count). The van der Waals surface area contributed by atoms with Gasteiger partial charge in [0.1, 0.15) is 11.4 Å². The predicted molar refractivity (Wildman–Crippen MR) is 90.7 cm³/mol. The van der Waals surface area contributed by atoms with Gasteiger partial charge < -0.3 is 9.88 Å². The van der Waals surface area contributed by atoms with E-state index in [9.17, 15) is 22.4 Å². The average molecular weight is 364 g/mol. The molecule has 0 spiro atoms. The summed E-state index contributed by atoms with van der Waals surface area (Å²) in [6, 6.07) is 8.51. The Morgan fingerprint density at radius 2 is 2.00 bits per heavy atom. The van der Waals surface area contributed by atoms with Crippen LogP contribution in [0.15, 0.2) is 47.4 Å². The highest BCUT2D eigenvalue weighted by Crippen LogP contribution is 2.12. The van der Waals surface area contributed by atoms with Crippen LogP contribution < -0.4 is 10.9 Å². The molecule has 1 aliphatic rings. The van der Waals surface area contributed by atoms with Gasteiger partial charge in [0.15, 0.2) is 9.84 Å². The van der Waals surface area contributed by atoms with Crippen LogP contribution in [0.4, 0.5) is 4.39 Å². The lowest BCUT2D eigenvalue weighted by atomic mass is 10.2. The van der Waals surface area contributed by atoms with Crippen molar-refractivity contribution in [2.24, 2.45) is 0 Å². The fourth-order valence-electron chi connectivity index (χ4n) is 2.82. The Kier molecular flexibility index (Phi) is 4.71. The molecule has 0 aliphatic carbocycles. The van der Waals surface area contributed by atoms with E-state index < -0.39 is 33.2 Å². The Morgan fingerprint density at radius 1 is 1.24 bits per heavy atom. The third-order valence-electron chi connectivity index (χ3n) is 4.13. The van der Waals surface area contributed by atoms with E-state index in [4.69, 9.17) is 0 Å². The summed E-state index contributed by atoms with van der Waals surface area (Å²) in [5, 5.41) is 2.59. The number of benzene rings is 1. The van der Waals surface area contributed by atoms with Gasteiger partial charge in [0.05, 0.1) is 18.1 Å². The van der Waals surface area contributed by atoms with Crippen molar-refractivity contribution >= 4 is 15.7 Å². The molecule has 1 unspecified atom stereocenters. The van der Waals surface area contributed by atoms with Crippen LogP contribution in [0.1, 0.15) is 22.3 Å². The molecule has 0 saturated carbocycles. The Labute approximate surface area is 144 Å². The lowest BCUT2D eigenvalue weighted by molar-refractivity contribution is 0.0939. The summed E-state index contributed by atoms with van der Waals surface area (Å²) in [5.74, 6) is -1.13. The van der Waals surface area contributed by atoms with Crippen LogP contribution >= 0.6 is 0 Å². The SMILES string of the molecule is O=C(NC1CCS(=O)(=O)C1)c1cccn(Cc2ccccc2F)c1=O. The average Bonchev–Trinajstić information content (AvgIpc) is 2.90. The van der Waals surface area contributed by atoms with E-state index in [1.54, 1.807) is 18.2 Å². The van der Waals surface area contributed by atoms with Gasteiger partial charge >= 0.3 is 0 Å². The highest BCUT2D eigenvalue weighted by molar-refractivity contribution is 7.91. The highest BCUT2D eigenvalue weighted by atomic mass is 32.2. The van der Waals surface area contributed by atoms with Crippen molar-refractivity contribution in [1.29, 1.82) is 0 Å². The number of rotatable bonds is 4. The Morgan fingerprint density at radius 3 is 2.68 bits per heavy atom. The second-order valence-corrected chi connectivity index (χ2v) is 8.25. The van der Waals surface area contributed by atoms with E-state index in [2.05, 4.69) is 5.32 Å². The van der Waals surface area contributed by atoms with Crippen molar-refractivity contribution in [3.05, 3.63) is 69.9 Å². The standard InChI is InChI=1S/C17H17FN2O4S/c18-15-6-2-1-4-12(15)10-20-8-3-5-14(17(20)22)16(21)19-13-7-9-25(23,24)11-13/h1-6,8,13H,7,9-11H2,(H,19,21). The second-order valence-electron chi connectivity index (χ2n) is 6.02. The Bertz CT molecular complexity index is 969. The molecule has 1 saturated heterocycles. The molecule has 1 N–H and O–H groups in total. The number of hydrogen-bond donors (Lipinski definition) is 1. The summed E-state index contributed by atoms with van der Waals surface area (Å²) in [4.78, 5) is 24.8. The van der Waals surface area contributed by atoms with Gasteiger partial charge in [-0.25, -0.2) is 12.8 Å². The van der Waals surface area contributed by atoms with Gasteiger partial charge in [0.25, 0.3) is 11.5 Å². The minimum Gasteiger partial charge on any atom is -0.348 e. The van der Waals surface area contributed by atoms with Gasteiger partial charge in [-0.15, -0.1) is 0 Å². The largest absolute Gasteiger partial charge is 0.348 e. The number of carbonyl (C=O) groups excluding carboxylic acids is 1. The maximum atomic E-state index is 13.8. The van der Waals surface area contributed by atoms with Crippen LogP contribution in [0, 0.1) is 5.82 Å². The van der Waals surface area contributed by atoms with Gasteiger partial charge in [0, 0.05) is 17.8 Å². The zero-order valence-electron chi connectivity index (χ0n) is 13.3. The third kappa shape index (κ3) is 3.96. The van der Waals surface area contributed by atoms with Crippen LogP contribution in [0.5, 0.6) is 0 Å².